The number of carbonyl (C=O) groups excluding carboxylic acids is 1. The fraction of sp³-hybridized carbons (Fsp3) is 0.500. The van der Waals surface area contributed by atoms with Gasteiger partial charge in [0.15, 0.2) is 0 Å². The zero-order valence-electron chi connectivity index (χ0n) is 13.2. The number of carboxylic acid groups (broad SMARTS) is 1. The van der Waals surface area contributed by atoms with Crippen molar-refractivity contribution in [3.8, 4) is 5.75 Å². The van der Waals surface area contributed by atoms with Crippen LogP contribution in [0.5, 0.6) is 5.75 Å². The molecule has 0 heterocycles. The first kappa shape index (κ1) is 17.0. The Morgan fingerprint density at radius 2 is 1.86 bits per heavy atom. The summed E-state index contributed by atoms with van der Waals surface area (Å²) in [5, 5.41) is 9.09. The lowest BCUT2D eigenvalue weighted by molar-refractivity contribution is -0.141. The highest BCUT2D eigenvalue weighted by atomic mass is 16.5. The van der Waals surface area contributed by atoms with E-state index in [1.54, 1.807) is 36.1 Å². The molecule has 0 saturated carbocycles. The first-order chi connectivity index (χ1) is 9.68. The molecule has 0 saturated heterocycles. The summed E-state index contributed by atoms with van der Waals surface area (Å²) in [6.45, 7) is 7.39. The number of rotatable bonds is 5. The quantitative estimate of drug-likeness (QED) is 0.906. The maximum absolute atomic E-state index is 12.8. The number of para-hydroxylation sites is 1. The van der Waals surface area contributed by atoms with Gasteiger partial charge in [-0.25, -0.2) is 0 Å². The van der Waals surface area contributed by atoms with Gasteiger partial charge < -0.3 is 14.7 Å². The normalized spacial score (nSPS) is 12.6. The first-order valence-electron chi connectivity index (χ1n) is 6.86. The van der Waals surface area contributed by atoms with E-state index in [1.165, 1.54) is 7.11 Å². The van der Waals surface area contributed by atoms with Crippen LogP contribution in [0.3, 0.4) is 0 Å². The minimum atomic E-state index is -0.919. The molecule has 116 valence electrons. The lowest BCUT2D eigenvalue weighted by Gasteiger charge is -2.37. The van der Waals surface area contributed by atoms with Crippen molar-refractivity contribution < 1.29 is 19.4 Å². The van der Waals surface area contributed by atoms with Gasteiger partial charge in [0.2, 0.25) is 0 Å². The van der Waals surface area contributed by atoms with Gasteiger partial charge in [-0.15, -0.1) is 0 Å². The van der Waals surface area contributed by atoms with E-state index in [0.29, 0.717) is 11.3 Å². The lowest BCUT2D eigenvalue weighted by Crippen LogP contribution is -2.48. The summed E-state index contributed by atoms with van der Waals surface area (Å²) in [5.41, 5.74) is -0.0470. The van der Waals surface area contributed by atoms with Gasteiger partial charge >= 0.3 is 5.97 Å². The molecule has 0 aliphatic carbocycles. The number of ether oxygens (including phenoxy) is 1. The Morgan fingerprint density at radius 1 is 1.29 bits per heavy atom. The highest BCUT2D eigenvalue weighted by Gasteiger charge is 2.31. The summed E-state index contributed by atoms with van der Waals surface area (Å²) in [6, 6.07) is 6.95. The second-order valence-corrected chi connectivity index (χ2v) is 6.03. The van der Waals surface area contributed by atoms with Crippen molar-refractivity contribution in [1.29, 1.82) is 0 Å². The van der Waals surface area contributed by atoms with E-state index in [1.807, 2.05) is 20.8 Å². The summed E-state index contributed by atoms with van der Waals surface area (Å²) >= 11 is 0. The van der Waals surface area contributed by atoms with Crippen LogP contribution in [0.2, 0.25) is 0 Å². The second-order valence-electron chi connectivity index (χ2n) is 6.03. The minimum absolute atomic E-state index is 0.149. The highest BCUT2D eigenvalue weighted by molar-refractivity contribution is 5.97. The summed E-state index contributed by atoms with van der Waals surface area (Å²) in [7, 11) is 1.51. The number of amides is 1. The van der Waals surface area contributed by atoms with Gasteiger partial charge in [0, 0.05) is 12.1 Å². The van der Waals surface area contributed by atoms with Crippen LogP contribution in [0, 0.1) is 5.92 Å². The van der Waals surface area contributed by atoms with Gasteiger partial charge in [-0.05, 0) is 32.9 Å². The molecule has 5 nitrogen and oxygen atoms in total. The SMILES string of the molecule is COc1ccccc1C(=O)N(CC(C)C(=O)O)C(C)(C)C. The third-order valence-corrected chi connectivity index (χ3v) is 3.27. The summed E-state index contributed by atoms with van der Waals surface area (Å²) in [6.07, 6.45) is 0. The Morgan fingerprint density at radius 3 is 2.33 bits per heavy atom. The molecule has 1 N–H and O–H groups in total. The second kappa shape index (κ2) is 6.61. The largest absolute Gasteiger partial charge is 0.496 e. The molecule has 1 unspecified atom stereocenters. The van der Waals surface area contributed by atoms with Crippen molar-refractivity contribution in [2.75, 3.05) is 13.7 Å². The Labute approximate surface area is 125 Å². The van der Waals surface area contributed by atoms with Crippen LogP contribution in [-0.2, 0) is 4.79 Å². The van der Waals surface area contributed by atoms with Crippen LogP contribution < -0.4 is 4.74 Å². The van der Waals surface area contributed by atoms with Crippen molar-refractivity contribution in [2.45, 2.75) is 33.2 Å². The molecule has 21 heavy (non-hydrogen) atoms. The molecule has 1 amide bonds. The van der Waals surface area contributed by atoms with Crippen molar-refractivity contribution in [3.05, 3.63) is 29.8 Å². The number of carbonyl (C=O) groups is 2. The Balaban J connectivity index is 3.14. The maximum Gasteiger partial charge on any atom is 0.308 e. The molecule has 0 fully saturated rings. The third-order valence-electron chi connectivity index (χ3n) is 3.27. The van der Waals surface area contributed by atoms with E-state index >= 15 is 0 Å². The van der Waals surface area contributed by atoms with Crippen LogP contribution in [0.15, 0.2) is 24.3 Å². The molecule has 1 aromatic rings. The average Bonchev–Trinajstić information content (AvgIpc) is 2.42. The predicted molar refractivity (Wildman–Crippen MR) is 80.6 cm³/mol. The smallest absolute Gasteiger partial charge is 0.308 e. The number of methoxy groups -OCH3 is 1. The minimum Gasteiger partial charge on any atom is -0.496 e. The van der Waals surface area contributed by atoms with Gasteiger partial charge in [-0.3, -0.25) is 9.59 Å². The molecule has 0 spiro atoms. The van der Waals surface area contributed by atoms with E-state index in [-0.39, 0.29) is 12.5 Å². The number of hydrogen-bond donors (Lipinski definition) is 1. The van der Waals surface area contributed by atoms with E-state index in [4.69, 9.17) is 9.84 Å². The topological polar surface area (TPSA) is 66.8 Å². The van der Waals surface area contributed by atoms with Crippen LogP contribution in [-0.4, -0.2) is 41.1 Å². The molecule has 0 aliphatic heterocycles. The summed E-state index contributed by atoms with van der Waals surface area (Å²) < 4.78 is 5.22. The van der Waals surface area contributed by atoms with E-state index < -0.39 is 17.4 Å². The first-order valence-corrected chi connectivity index (χ1v) is 6.86. The number of benzene rings is 1. The van der Waals surface area contributed by atoms with Gasteiger partial charge in [0.05, 0.1) is 18.6 Å². The molecule has 1 aromatic carbocycles. The van der Waals surface area contributed by atoms with Crippen LogP contribution in [0.1, 0.15) is 38.1 Å². The maximum atomic E-state index is 12.8. The van der Waals surface area contributed by atoms with Gasteiger partial charge in [0.25, 0.3) is 5.91 Å². The Kier molecular flexibility index (Phi) is 5.35. The number of hydrogen-bond acceptors (Lipinski definition) is 3. The molecular weight excluding hydrogens is 270 g/mol. The monoisotopic (exact) mass is 293 g/mol. The third kappa shape index (κ3) is 4.21. The van der Waals surface area contributed by atoms with Crippen molar-refractivity contribution in [3.63, 3.8) is 0 Å². The molecule has 1 rings (SSSR count). The van der Waals surface area contributed by atoms with Gasteiger partial charge in [0.1, 0.15) is 5.75 Å². The molecule has 1 atom stereocenters. The fourth-order valence-electron chi connectivity index (χ4n) is 1.98. The molecule has 0 aliphatic rings. The molecular formula is C16H23NO4. The Bertz CT molecular complexity index is 519. The van der Waals surface area contributed by atoms with Crippen LogP contribution >= 0.6 is 0 Å². The lowest BCUT2D eigenvalue weighted by atomic mass is 10.0. The molecule has 0 bridgehead atoms. The summed E-state index contributed by atoms with van der Waals surface area (Å²) in [4.78, 5) is 25.4. The van der Waals surface area contributed by atoms with Crippen LogP contribution in [0.4, 0.5) is 0 Å². The number of aliphatic carboxylic acids is 1. The van der Waals surface area contributed by atoms with Crippen molar-refractivity contribution in [1.82, 2.24) is 4.90 Å². The predicted octanol–water partition coefficient (Wildman–Crippen LogP) is 2.66. The fourth-order valence-corrected chi connectivity index (χ4v) is 1.98. The standard InChI is InChI=1S/C16H23NO4/c1-11(15(19)20)10-17(16(2,3)4)14(18)12-8-6-7-9-13(12)21-5/h6-9,11H,10H2,1-5H3,(H,19,20). The zero-order valence-corrected chi connectivity index (χ0v) is 13.2. The molecule has 5 heteroatoms. The molecule has 0 aromatic heterocycles. The Hall–Kier alpha value is -2.04. The number of nitrogens with zero attached hydrogens (tertiary/aromatic N) is 1. The van der Waals surface area contributed by atoms with Gasteiger partial charge in [-0.2, -0.15) is 0 Å². The van der Waals surface area contributed by atoms with E-state index in [0.717, 1.165) is 0 Å². The average molecular weight is 293 g/mol. The van der Waals surface area contributed by atoms with Crippen molar-refractivity contribution >= 4 is 11.9 Å². The van der Waals surface area contributed by atoms with Gasteiger partial charge in [-0.1, -0.05) is 19.1 Å². The number of carboxylic acids is 1. The van der Waals surface area contributed by atoms with E-state index in [9.17, 15) is 9.59 Å². The van der Waals surface area contributed by atoms with Crippen molar-refractivity contribution in [2.24, 2.45) is 5.92 Å². The molecule has 0 radical (unpaired) electrons. The summed E-state index contributed by atoms with van der Waals surface area (Å²) in [5.74, 6) is -1.30. The highest BCUT2D eigenvalue weighted by Crippen LogP contribution is 2.24. The van der Waals surface area contributed by atoms with Crippen LogP contribution in [0.25, 0.3) is 0 Å². The van der Waals surface area contributed by atoms with E-state index in [2.05, 4.69) is 0 Å². The zero-order chi connectivity index (χ0) is 16.2.